The zero-order valence-electron chi connectivity index (χ0n) is 14.3. The molecule has 0 aliphatic carbocycles. The van der Waals surface area contributed by atoms with Crippen molar-refractivity contribution in [1.82, 2.24) is 19.2 Å². The van der Waals surface area contributed by atoms with Crippen LogP contribution in [0, 0.1) is 11.6 Å². The number of halogens is 2. The van der Waals surface area contributed by atoms with Crippen LogP contribution in [0.3, 0.4) is 0 Å². The second-order valence-electron chi connectivity index (χ2n) is 6.52. The maximum Gasteiger partial charge on any atom is 0.256 e. The molecule has 26 heavy (non-hydrogen) atoms. The van der Waals surface area contributed by atoms with E-state index >= 15 is 0 Å². The molecule has 1 aromatic carbocycles. The van der Waals surface area contributed by atoms with Crippen LogP contribution in [0.5, 0.6) is 0 Å². The molecular weight excluding hydrogens is 338 g/mol. The van der Waals surface area contributed by atoms with Gasteiger partial charge >= 0.3 is 0 Å². The molecular formula is C19H18F2N4O. The lowest BCUT2D eigenvalue weighted by molar-refractivity contribution is 0.0659. The van der Waals surface area contributed by atoms with Crippen LogP contribution in [0.25, 0.3) is 16.8 Å². The standard InChI is InChI=1S/C19H18F2N4O/c1-23-6-8-24(9-7-23)19(26)15-3-2-13(10-16(15)20)14-11-17(21)18-22-4-5-25(18)12-14/h2-5,10-12H,6-9H2,1H3. The van der Waals surface area contributed by atoms with Gasteiger partial charge in [0.05, 0.1) is 5.56 Å². The Kier molecular flexibility index (Phi) is 4.16. The number of carbonyl (C=O) groups is 1. The molecule has 3 heterocycles. The van der Waals surface area contributed by atoms with Gasteiger partial charge in [0.2, 0.25) is 0 Å². The van der Waals surface area contributed by atoms with Crippen molar-refractivity contribution in [3.63, 3.8) is 0 Å². The van der Waals surface area contributed by atoms with E-state index in [9.17, 15) is 13.6 Å². The summed E-state index contributed by atoms with van der Waals surface area (Å²) in [4.78, 5) is 20.3. The van der Waals surface area contributed by atoms with Crippen molar-refractivity contribution >= 4 is 11.6 Å². The van der Waals surface area contributed by atoms with Crippen molar-refractivity contribution in [1.29, 1.82) is 0 Å². The van der Waals surface area contributed by atoms with Crippen LogP contribution in [0.2, 0.25) is 0 Å². The minimum Gasteiger partial charge on any atom is -0.336 e. The van der Waals surface area contributed by atoms with Crippen molar-refractivity contribution in [3.05, 3.63) is 60.1 Å². The number of aromatic nitrogens is 2. The lowest BCUT2D eigenvalue weighted by atomic mass is 10.0. The van der Waals surface area contributed by atoms with Crippen molar-refractivity contribution in [2.24, 2.45) is 0 Å². The van der Waals surface area contributed by atoms with Crippen LogP contribution >= 0.6 is 0 Å². The maximum atomic E-state index is 14.6. The number of piperazine rings is 1. The third kappa shape index (κ3) is 2.94. The number of hydrogen-bond acceptors (Lipinski definition) is 3. The Morgan fingerprint density at radius 1 is 1.04 bits per heavy atom. The summed E-state index contributed by atoms with van der Waals surface area (Å²) in [5.41, 5.74) is 1.29. The fourth-order valence-corrected chi connectivity index (χ4v) is 3.20. The molecule has 1 amide bonds. The summed E-state index contributed by atoms with van der Waals surface area (Å²) in [6, 6.07) is 5.71. The van der Waals surface area contributed by atoms with Crippen LogP contribution in [0.4, 0.5) is 8.78 Å². The Labute approximate surface area is 149 Å². The topological polar surface area (TPSA) is 40.8 Å². The average Bonchev–Trinajstić information content (AvgIpc) is 3.11. The van der Waals surface area contributed by atoms with E-state index in [0.717, 1.165) is 13.1 Å². The summed E-state index contributed by atoms with van der Waals surface area (Å²) in [6.07, 6.45) is 4.81. The lowest BCUT2D eigenvalue weighted by Gasteiger charge is -2.32. The number of imidazole rings is 1. The van der Waals surface area contributed by atoms with Gasteiger partial charge in [-0.05, 0) is 30.8 Å². The fraction of sp³-hybridized carbons (Fsp3) is 0.263. The zero-order valence-corrected chi connectivity index (χ0v) is 14.3. The van der Waals surface area contributed by atoms with Gasteiger partial charge in [0.15, 0.2) is 11.5 Å². The third-order valence-corrected chi connectivity index (χ3v) is 4.77. The summed E-state index contributed by atoms with van der Waals surface area (Å²) in [5, 5.41) is 0. The number of carbonyl (C=O) groups excluding carboxylic acids is 1. The van der Waals surface area contributed by atoms with Crippen LogP contribution in [-0.4, -0.2) is 58.3 Å². The van der Waals surface area contributed by atoms with Crippen molar-refractivity contribution < 1.29 is 13.6 Å². The number of pyridine rings is 1. The molecule has 7 heteroatoms. The highest BCUT2D eigenvalue weighted by Crippen LogP contribution is 2.25. The number of nitrogens with zero attached hydrogens (tertiary/aromatic N) is 4. The molecule has 4 rings (SSSR count). The van der Waals surface area contributed by atoms with E-state index in [4.69, 9.17) is 0 Å². The Balaban J connectivity index is 1.63. The van der Waals surface area contributed by atoms with E-state index in [0.29, 0.717) is 24.2 Å². The summed E-state index contributed by atoms with van der Waals surface area (Å²) in [6.45, 7) is 2.71. The molecule has 2 aromatic heterocycles. The van der Waals surface area contributed by atoms with Crippen molar-refractivity contribution in [2.45, 2.75) is 0 Å². The molecule has 3 aromatic rings. The Bertz CT molecular complexity index is 977. The van der Waals surface area contributed by atoms with Gasteiger partial charge in [0.25, 0.3) is 5.91 Å². The molecule has 1 fully saturated rings. The van der Waals surface area contributed by atoms with Crippen LogP contribution in [0.1, 0.15) is 10.4 Å². The first kappa shape index (κ1) is 16.7. The van der Waals surface area contributed by atoms with Crippen LogP contribution in [0.15, 0.2) is 42.9 Å². The summed E-state index contributed by atoms with van der Waals surface area (Å²) in [7, 11) is 1.99. The molecule has 0 bridgehead atoms. The Hall–Kier alpha value is -2.80. The average molecular weight is 356 g/mol. The largest absolute Gasteiger partial charge is 0.336 e. The number of benzene rings is 1. The van der Waals surface area contributed by atoms with Gasteiger partial charge in [0.1, 0.15) is 5.82 Å². The maximum absolute atomic E-state index is 14.6. The van der Waals surface area contributed by atoms with Crippen LogP contribution in [-0.2, 0) is 0 Å². The molecule has 0 N–H and O–H groups in total. The fourth-order valence-electron chi connectivity index (χ4n) is 3.20. The summed E-state index contributed by atoms with van der Waals surface area (Å²) < 4.78 is 30.3. The first-order valence-electron chi connectivity index (χ1n) is 8.43. The third-order valence-electron chi connectivity index (χ3n) is 4.77. The molecule has 0 spiro atoms. The first-order chi connectivity index (χ1) is 12.5. The monoisotopic (exact) mass is 356 g/mol. The van der Waals surface area contributed by atoms with E-state index in [2.05, 4.69) is 9.88 Å². The molecule has 134 valence electrons. The minimum absolute atomic E-state index is 0.0440. The molecule has 0 saturated carbocycles. The predicted molar refractivity (Wildman–Crippen MR) is 93.9 cm³/mol. The minimum atomic E-state index is -0.599. The number of hydrogen-bond donors (Lipinski definition) is 0. The number of rotatable bonds is 2. The van der Waals surface area contributed by atoms with E-state index in [-0.39, 0.29) is 17.1 Å². The smallest absolute Gasteiger partial charge is 0.256 e. The van der Waals surface area contributed by atoms with Gasteiger partial charge in [-0.3, -0.25) is 4.79 Å². The molecule has 1 aliphatic heterocycles. The highest BCUT2D eigenvalue weighted by molar-refractivity contribution is 5.95. The van der Waals surface area contributed by atoms with E-state index in [1.54, 1.807) is 27.8 Å². The first-order valence-corrected chi connectivity index (χ1v) is 8.43. The molecule has 0 radical (unpaired) electrons. The van der Waals surface area contributed by atoms with Gasteiger partial charge in [-0.1, -0.05) is 6.07 Å². The normalized spacial score (nSPS) is 15.6. The van der Waals surface area contributed by atoms with Gasteiger partial charge in [-0.15, -0.1) is 0 Å². The zero-order chi connectivity index (χ0) is 18.3. The quantitative estimate of drug-likeness (QED) is 0.709. The molecule has 0 unspecified atom stereocenters. The second-order valence-corrected chi connectivity index (χ2v) is 6.52. The number of amides is 1. The highest BCUT2D eigenvalue weighted by Gasteiger charge is 2.23. The predicted octanol–water partition coefficient (Wildman–Crippen LogP) is 2.67. The molecule has 1 aliphatic rings. The lowest BCUT2D eigenvalue weighted by Crippen LogP contribution is -2.47. The van der Waals surface area contributed by atoms with Gasteiger partial charge in [0, 0.05) is 50.3 Å². The Morgan fingerprint density at radius 3 is 2.50 bits per heavy atom. The van der Waals surface area contributed by atoms with Gasteiger partial charge in [-0.2, -0.15) is 0 Å². The van der Waals surface area contributed by atoms with E-state index in [1.165, 1.54) is 24.4 Å². The summed E-state index contributed by atoms with van der Waals surface area (Å²) in [5.74, 6) is -1.39. The van der Waals surface area contributed by atoms with Crippen LogP contribution < -0.4 is 0 Å². The molecule has 0 atom stereocenters. The SMILES string of the molecule is CN1CCN(C(=O)c2ccc(-c3cc(F)c4nccn4c3)cc2F)CC1. The van der Waals surface area contributed by atoms with Gasteiger partial charge < -0.3 is 14.2 Å². The Morgan fingerprint density at radius 2 is 1.77 bits per heavy atom. The molecule has 1 saturated heterocycles. The van der Waals surface area contributed by atoms with Gasteiger partial charge in [-0.25, -0.2) is 13.8 Å². The van der Waals surface area contributed by atoms with E-state index in [1.807, 2.05) is 7.05 Å². The number of fused-ring (bicyclic) bond motifs is 1. The second kappa shape index (κ2) is 6.49. The van der Waals surface area contributed by atoms with Crippen molar-refractivity contribution in [3.8, 4) is 11.1 Å². The number of likely N-dealkylation sites (N-methyl/N-ethyl adjacent to an activating group) is 1. The van der Waals surface area contributed by atoms with E-state index < -0.39 is 11.6 Å². The summed E-state index contributed by atoms with van der Waals surface area (Å²) >= 11 is 0. The van der Waals surface area contributed by atoms with Crippen molar-refractivity contribution in [2.75, 3.05) is 33.2 Å². The molecule has 5 nitrogen and oxygen atoms in total. The highest BCUT2D eigenvalue weighted by atomic mass is 19.1.